The monoisotopic (exact) mass is 382 g/mol. The molecule has 112 valence electrons. The predicted octanol–water partition coefficient (Wildman–Crippen LogP) is 2.69. The molecule has 8 heteroatoms. The molecular weight excluding hydrogens is 367 g/mol. The van der Waals surface area contributed by atoms with Gasteiger partial charge in [-0.2, -0.15) is 16.1 Å². The highest BCUT2D eigenvalue weighted by atomic mass is 79.9. The number of sulfonamides is 1. The van der Waals surface area contributed by atoms with Crippen molar-refractivity contribution < 1.29 is 12.8 Å². The van der Waals surface area contributed by atoms with Gasteiger partial charge in [-0.15, -0.1) is 0 Å². The maximum Gasteiger partial charge on any atom is 0.246 e. The maximum absolute atomic E-state index is 14.0. The van der Waals surface area contributed by atoms with Crippen LogP contribution in [0.3, 0.4) is 0 Å². The Morgan fingerprint density at radius 1 is 1.45 bits per heavy atom. The first-order valence-corrected chi connectivity index (χ1v) is 9.24. The van der Waals surface area contributed by atoms with E-state index in [9.17, 15) is 12.8 Å². The Balaban J connectivity index is 2.43. The highest BCUT2D eigenvalue weighted by Gasteiger charge is 2.36. The van der Waals surface area contributed by atoms with E-state index in [0.29, 0.717) is 23.3 Å². The van der Waals surface area contributed by atoms with Gasteiger partial charge in [0.15, 0.2) is 0 Å². The third kappa shape index (κ3) is 3.13. The summed E-state index contributed by atoms with van der Waals surface area (Å²) in [6, 6.07) is 2.26. The Hall–Kier alpha value is -0.310. The summed E-state index contributed by atoms with van der Waals surface area (Å²) < 4.78 is 40.6. The van der Waals surface area contributed by atoms with Crippen LogP contribution in [0.25, 0.3) is 0 Å². The van der Waals surface area contributed by atoms with Crippen molar-refractivity contribution >= 4 is 43.4 Å². The number of rotatable bonds is 2. The standard InChI is InChI=1S/C12H16BrFN2O2S2/c1-12(2)7-16(3-4-19-12)20(17,18)11-6-10(15)8(13)5-9(11)14/h5-6H,3-4,7,15H2,1-2H3. The fraction of sp³-hybridized carbons (Fsp3) is 0.500. The summed E-state index contributed by atoms with van der Waals surface area (Å²) in [5.41, 5.74) is 5.87. The van der Waals surface area contributed by atoms with Crippen molar-refractivity contribution in [2.24, 2.45) is 0 Å². The number of nitrogens with zero attached hydrogens (tertiary/aromatic N) is 1. The van der Waals surface area contributed by atoms with Gasteiger partial charge in [0.1, 0.15) is 10.7 Å². The summed E-state index contributed by atoms with van der Waals surface area (Å²) in [5, 5.41) is 0. The largest absolute Gasteiger partial charge is 0.398 e. The van der Waals surface area contributed by atoms with Gasteiger partial charge < -0.3 is 5.73 Å². The molecule has 1 saturated heterocycles. The molecule has 1 heterocycles. The van der Waals surface area contributed by atoms with Crippen molar-refractivity contribution in [1.82, 2.24) is 4.31 Å². The maximum atomic E-state index is 14.0. The molecule has 0 radical (unpaired) electrons. The third-order valence-electron chi connectivity index (χ3n) is 3.06. The summed E-state index contributed by atoms with van der Waals surface area (Å²) in [4.78, 5) is -0.360. The Morgan fingerprint density at radius 3 is 2.70 bits per heavy atom. The molecule has 0 unspecified atom stereocenters. The average molecular weight is 383 g/mol. The van der Waals surface area contributed by atoms with E-state index < -0.39 is 15.8 Å². The first-order valence-electron chi connectivity index (χ1n) is 6.02. The predicted molar refractivity (Wildman–Crippen MR) is 83.8 cm³/mol. The van der Waals surface area contributed by atoms with E-state index in [4.69, 9.17) is 5.73 Å². The van der Waals surface area contributed by atoms with Gasteiger partial charge in [0.05, 0.1) is 0 Å². The average Bonchev–Trinajstić information content (AvgIpc) is 2.32. The summed E-state index contributed by atoms with van der Waals surface area (Å²) in [6.07, 6.45) is 0. The van der Waals surface area contributed by atoms with Gasteiger partial charge in [-0.05, 0) is 41.9 Å². The minimum absolute atomic E-state index is 0.178. The first-order chi connectivity index (χ1) is 9.13. The molecule has 1 fully saturated rings. The molecule has 0 aliphatic carbocycles. The molecule has 20 heavy (non-hydrogen) atoms. The Labute approximate surface area is 131 Å². The second-order valence-electron chi connectivity index (χ2n) is 5.25. The number of nitrogens with two attached hydrogens (primary N) is 1. The molecule has 2 N–H and O–H groups in total. The number of hydrogen-bond donors (Lipinski definition) is 1. The molecule has 0 amide bonds. The quantitative estimate of drug-likeness (QED) is 0.798. The van der Waals surface area contributed by atoms with Crippen LogP contribution in [0.5, 0.6) is 0 Å². The van der Waals surface area contributed by atoms with E-state index >= 15 is 0 Å². The van der Waals surface area contributed by atoms with E-state index in [1.54, 1.807) is 11.8 Å². The molecule has 4 nitrogen and oxygen atoms in total. The van der Waals surface area contributed by atoms with Crippen LogP contribution in [0.2, 0.25) is 0 Å². The topological polar surface area (TPSA) is 63.4 Å². The molecule has 0 spiro atoms. The van der Waals surface area contributed by atoms with Crippen molar-refractivity contribution in [3.63, 3.8) is 0 Å². The van der Waals surface area contributed by atoms with Crippen molar-refractivity contribution in [2.45, 2.75) is 23.5 Å². The van der Waals surface area contributed by atoms with E-state index in [0.717, 1.165) is 6.07 Å². The SMILES string of the molecule is CC1(C)CN(S(=O)(=O)c2cc(N)c(Br)cc2F)CCS1. The number of benzene rings is 1. The van der Waals surface area contributed by atoms with E-state index in [-0.39, 0.29) is 15.3 Å². The van der Waals surface area contributed by atoms with Gasteiger partial charge in [-0.1, -0.05) is 0 Å². The van der Waals surface area contributed by atoms with E-state index in [2.05, 4.69) is 15.9 Å². The lowest BCUT2D eigenvalue weighted by molar-refractivity contribution is 0.385. The van der Waals surface area contributed by atoms with Crippen LogP contribution in [0.1, 0.15) is 13.8 Å². The number of hydrogen-bond acceptors (Lipinski definition) is 4. The number of thioether (sulfide) groups is 1. The van der Waals surface area contributed by atoms with Crippen LogP contribution in [0.15, 0.2) is 21.5 Å². The Bertz CT molecular complexity index is 635. The van der Waals surface area contributed by atoms with Gasteiger partial charge in [-0.3, -0.25) is 0 Å². The molecule has 1 aliphatic heterocycles. The normalized spacial score (nSPS) is 20.0. The van der Waals surface area contributed by atoms with Crippen molar-refractivity contribution in [3.05, 3.63) is 22.4 Å². The number of anilines is 1. The fourth-order valence-corrected chi connectivity index (χ4v) is 5.37. The molecule has 1 aliphatic rings. The molecule has 1 aromatic carbocycles. The molecule has 0 atom stereocenters. The fourth-order valence-electron chi connectivity index (χ4n) is 2.06. The first kappa shape index (κ1) is 16.1. The van der Waals surface area contributed by atoms with Gasteiger partial charge >= 0.3 is 0 Å². The van der Waals surface area contributed by atoms with Crippen LogP contribution in [-0.4, -0.2) is 36.3 Å². The lowest BCUT2D eigenvalue weighted by atomic mass is 10.2. The van der Waals surface area contributed by atoms with Crippen LogP contribution < -0.4 is 5.73 Å². The molecular formula is C12H16BrFN2O2S2. The highest BCUT2D eigenvalue weighted by Crippen LogP contribution is 2.34. The van der Waals surface area contributed by atoms with Gasteiger partial charge in [0.2, 0.25) is 10.0 Å². The molecule has 1 aromatic rings. The smallest absolute Gasteiger partial charge is 0.246 e. The van der Waals surface area contributed by atoms with Crippen molar-refractivity contribution in [3.8, 4) is 0 Å². The minimum atomic E-state index is -3.86. The molecule has 0 saturated carbocycles. The summed E-state index contributed by atoms with van der Waals surface area (Å²) in [5.74, 6) is -0.0954. The van der Waals surface area contributed by atoms with E-state index in [1.165, 1.54) is 10.4 Å². The second kappa shape index (κ2) is 5.47. The lowest BCUT2D eigenvalue weighted by Crippen LogP contribution is -2.46. The zero-order valence-corrected chi connectivity index (χ0v) is 14.4. The van der Waals surface area contributed by atoms with Gasteiger partial charge in [-0.25, -0.2) is 12.8 Å². The molecule has 0 bridgehead atoms. The number of nitrogen functional groups attached to an aromatic ring is 1. The van der Waals surface area contributed by atoms with E-state index in [1.807, 2.05) is 13.8 Å². The zero-order valence-electron chi connectivity index (χ0n) is 11.2. The van der Waals surface area contributed by atoms with Crippen molar-refractivity contribution in [2.75, 3.05) is 24.6 Å². The minimum Gasteiger partial charge on any atom is -0.398 e. The summed E-state index contributed by atoms with van der Waals surface area (Å²) >= 11 is 4.80. The third-order valence-corrected chi connectivity index (χ3v) is 6.90. The lowest BCUT2D eigenvalue weighted by Gasteiger charge is -2.36. The summed E-state index contributed by atoms with van der Waals surface area (Å²) in [6.45, 7) is 4.69. The number of halogens is 2. The highest BCUT2D eigenvalue weighted by molar-refractivity contribution is 9.10. The van der Waals surface area contributed by atoms with Crippen molar-refractivity contribution in [1.29, 1.82) is 0 Å². The van der Waals surface area contributed by atoms with Crippen LogP contribution in [0.4, 0.5) is 10.1 Å². The molecule has 0 aromatic heterocycles. The van der Waals surface area contributed by atoms with Crippen LogP contribution >= 0.6 is 27.7 Å². The van der Waals surface area contributed by atoms with Gasteiger partial charge in [0, 0.05) is 33.7 Å². The zero-order chi connectivity index (χ0) is 15.1. The van der Waals surface area contributed by atoms with Crippen LogP contribution in [0, 0.1) is 5.82 Å². The molecule has 2 rings (SSSR count). The second-order valence-corrected chi connectivity index (χ2v) is 9.81. The summed E-state index contributed by atoms with van der Waals surface area (Å²) in [7, 11) is -3.86. The van der Waals surface area contributed by atoms with Crippen LogP contribution in [-0.2, 0) is 10.0 Å². The Kier molecular flexibility index (Phi) is 4.40. The van der Waals surface area contributed by atoms with Gasteiger partial charge in [0.25, 0.3) is 0 Å². The Morgan fingerprint density at radius 2 is 2.10 bits per heavy atom.